The Morgan fingerprint density at radius 1 is 1.30 bits per heavy atom. The van der Waals surface area contributed by atoms with Crippen LogP contribution in [0.4, 0.5) is 0 Å². The number of hydrogen-bond donors (Lipinski definition) is 2. The van der Waals surface area contributed by atoms with Crippen molar-refractivity contribution < 1.29 is 9.90 Å². The third-order valence-electron chi connectivity index (χ3n) is 3.00. The highest BCUT2D eigenvalue weighted by Gasteiger charge is 2.10. The summed E-state index contributed by atoms with van der Waals surface area (Å²) in [5, 5.41) is 11.7. The van der Waals surface area contributed by atoms with Crippen LogP contribution in [0.15, 0.2) is 42.7 Å². The number of benzene rings is 1. The largest absolute Gasteiger partial charge is 0.394 e. The monoisotopic (exact) mass is 270 g/mol. The third kappa shape index (κ3) is 3.42. The van der Waals surface area contributed by atoms with Crippen LogP contribution >= 0.6 is 0 Å². The van der Waals surface area contributed by atoms with Crippen molar-refractivity contribution in [1.82, 2.24) is 10.3 Å². The summed E-state index contributed by atoms with van der Waals surface area (Å²) in [6, 6.07) is 9.57. The number of nitrogens with one attached hydrogen (secondary N) is 1. The normalized spacial score (nSPS) is 11.9. The number of aromatic nitrogens is 1. The molecule has 1 heterocycles. The zero-order chi connectivity index (χ0) is 14.5. The van der Waals surface area contributed by atoms with Crippen LogP contribution in [0.25, 0.3) is 11.1 Å². The first-order valence-electron chi connectivity index (χ1n) is 6.54. The molecule has 104 valence electrons. The molecule has 0 bridgehead atoms. The van der Waals surface area contributed by atoms with E-state index >= 15 is 0 Å². The molecule has 2 aromatic rings. The molecule has 0 radical (unpaired) electrons. The van der Waals surface area contributed by atoms with Crippen LogP contribution in [0.5, 0.6) is 0 Å². The Morgan fingerprint density at radius 2 is 2.10 bits per heavy atom. The van der Waals surface area contributed by atoms with Gasteiger partial charge in [-0.05, 0) is 25.5 Å². The Kier molecular flexibility index (Phi) is 4.48. The van der Waals surface area contributed by atoms with Gasteiger partial charge in [0.05, 0.1) is 12.2 Å². The molecule has 0 aliphatic rings. The van der Waals surface area contributed by atoms with Gasteiger partial charge in [0.1, 0.15) is 0 Å². The summed E-state index contributed by atoms with van der Waals surface area (Å²) in [6.45, 7) is 3.68. The first-order valence-corrected chi connectivity index (χ1v) is 6.54. The van der Waals surface area contributed by atoms with E-state index in [1.807, 2.05) is 25.1 Å². The molecule has 0 saturated heterocycles. The number of aliphatic hydroxyl groups is 1. The first kappa shape index (κ1) is 14.2. The molecule has 2 N–H and O–H groups in total. The molecule has 0 saturated carbocycles. The second kappa shape index (κ2) is 6.30. The Labute approximate surface area is 118 Å². The lowest BCUT2D eigenvalue weighted by Crippen LogP contribution is -2.35. The van der Waals surface area contributed by atoms with Crippen LogP contribution in [0.1, 0.15) is 22.8 Å². The van der Waals surface area contributed by atoms with Gasteiger partial charge in [-0.3, -0.25) is 9.78 Å². The Balaban J connectivity index is 2.26. The molecule has 1 unspecified atom stereocenters. The Bertz CT molecular complexity index is 611. The fourth-order valence-corrected chi connectivity index (χ4v) is 1.90. The summed E-state index contributed by atoms with van der Waals surface area (Å²) >= 11 is 0. The summed E-state index contributed by atoms with van der Waals surface area (Å²) in [5.74, 6) is -0.228. The van der Waals surface area contributed by atoms with Gasteiger partial charge in [-0.25, -0.2) is 0 Å². The van der Waals surface area contributed by atoms with Crippen LogP contribution in [-0.2, 0) is 0 Å². The maximum Gasteiger partial charge on any atom is 0.253 e. The van der Waals surface area contributed by atoms with Gasteiger partial charge >= 0.3 is 0 Å². The molecule has 0 aliphatic heterocycles. The molecular weight excluding hydrogens is 252 g/mol. The summed E-state index contributed by atoms with van der Waals surface area (Å²) in [7, 11) is 0. The molecule has 1 atom stereocenters. The smallest absolute Gasteiger partial charge is 0.253 e. The van der Waals surface area contributed by atoms with Gasteiger partial charge in [0.15, 0.2) is 0 Å². The maximum absolute atomic E-state index is 12.0. The van der Waals surface area contributed by atoms with E-state index in [-0.39, 0.29) is 18.6 Å². The molecule has 0 aliphatic carbocycles. The van der Waals surface area contributed by atoms with E-state index in [4.69, 9.17) is 5.11 Å². The molecule has 1 aromatic heterocycles. The highest BCUT2D eigenvalue weighted by Crippen LogP contribution is 2.20. The minimum atomic E-state index is -0.273. The number of pyridine rings is 1. The average Bonchev–Trinajstić information content (AvgIpc) is 2.47. The molecule has 1 aromatic carbocycles. The van der Waals surface area contributed by atoms with E-state index in [1.165, 1.54) is 6.20 Å². The van der Waals surface area contributed by atoms with Gasteiger partial charge in [-0.1, -0.05) is 29.8 Å². The summed E-state index contributed by atoms with van der Waals surface area (Å²) in [6.07, 6.45) is 3.26. The van der Waals surface area contributed by atoms with Crippen LogP contribution < -0.4 is 5.32 Å². The number of nitrogens with zero attached hydrogens (tertiary/aromatic N) is 1. The number of carbonyl (C=O) groups excluding carboxylic acids is 1. The third-order valence-corrected chi connectivity index (χ3v) is 3.00. The standard InChI is InChI=1S/C16H18N2O2/c1-11-4-3-5-13(6-11)14-7-15(9-17-8-14)16(20)18-12(2)10-19/h3-9,12,19H,10H2,1-2H3,(H,18,20). The van der Waals surface area contributed by atoms with Crippen molar-refractivity contribution in [2.24, 2.45) is 0 Å². The fourth-order valence-electron chi connectivity index (χ4n) is 1.90. The van der Waals surface area contributed by atoms with E-state index in [0.717, 1.165) is 16.7 Å². The van der Waals surface area contributed by atoms with Crippen molar-refractivity contribution in [3.63, 3.8) is 0 Å². The lowest BCUT2D eigenvalue weighted by Gasteiger charge is -2.11. The van der Waals surface area contributed by atoms with Crippen LogP contribution in [0.2, 0.25) is 0 Å². The van der Waals surface area contributed by atoms with Crippen molar-refractivity contribution in [3.8, 4) is 11.1 Å². The van der Waals surface area contributed by atoms with Crippen molar-refractivity contribution >= 4 is 5.91 Å². The lowest BCUT2D eigenvalue weighted by molar-refractivity contribution is 0.0922. The first-order chi connectivity index (χ1) is 9.60. The lowest BCUT2D eigenvalue weighted by atomic mass is 10.0. The number of amides is 1. The molecule has 1 amide bonds. The fraction of sp³-hybridized carbons (Fsp3) is 0.250. The van der Waals surface area contributed by atoms with Crippen molar-refractivity contribution in [1.29, 1.82) is 0 Å². The topological polar surface area (TPSA) is 62.2 Å². The van der Waals surface area contributed by atoms with Crippen molar-refractivity contribution in [3.05, 3.63) is 53.9 Å². The predicted octanol–water partition coefficient (Wildman–Crippen LogP) is 2.17. The maximum atomic E-state index is 12.0. The van der Waals surface area contributed by atoms with Gasteiger partial charge in [0.25, 0.3) is 5.91 Å². The van der Waals surface area contributed by atoms with E-state index in [9.17, 15) is 4.79 Å². The van der Waals surface area contributed by atoms with E-state index < -0.39 is 0 Å². The highest BCUT2D eigenvalue weighted by atomic mass is 16.3. The molecule has 4 heteroatoms. The average molecular weight is 270 g/mol. The van der Waals surface area contributed by atoms with Crippen LogP contribution in [0.3, 0.4) is 0 Å². The Hall–Kier alpha value is -2.20. The van der Waals surface area contributed by atoms with Crippen LogP contribution in [0, 0.1) is 6.92 Å². The van der Waals surface area contributed by atoms with Crippen molar-refractivity contribution in [2.45, 2.75) is 19.9 Å². The van der Waals surface area contributed by atoms with E-state index in [0.29, 0.717) is 5.56 Å². The van der Waals surface area contributed by atoms with Gasteiger partial charge in [-0.15, -0.1) is 0 Å². The van der Waals surface area contributed by atoms with E-state index in [2.05, 4.69) is 16.4 Å². The molecule has 0 fully saturated rings. The number of rotatable bonds is 4. The van der Waals surface area contributed by atoms with Crippen molar-refractivity contribution in [2.75, 3.05) is 6.61 Å². The van der Waals surface area contributed by atoms with Crippen LogP contribution in [-0.4, -0.2) is 28.6 Å². The quantitative estimate of drug-likeness (QED) is 0.895. The van der Waals surface area contributed by atoms with E-state index in [1.54, 1.807) is 19.2 Å². The molecular formula is C16H18N2O2. The zero-order valence-corrected chi connectivity index (χ0v) is 11.6. The molecule has 2 rings (SSSR count). The zero-order valence-electron chi connectivity index (χ0n) is 11.6. The summed E-state index contributed by atoms with van der Waals surface area (Å²) in [4.78, 5) is 16.1. The number of aryl methyl sites for hydroxylation is 1. The number of hydrogen-bond acceptors (Lipinski definition) is 3. The van der Waals surface area contributed by atoms with Gasteiger partial charge in [0.2, 0.25) is 0 Å². The minimum absolute atomic E-state index is 0.0866. The molecule has 4 nitrogen and oxygen atoms in total. The number of carbonyl (C=O) groups is 1. The van der Waals surface area contributed by atoms with Gasteiger partial charge in [0, 0.05) is 24.0 Å². The summed E-state index contributed by atoms with van der Waals surface area (Å²) < 4.78 is 0. The SMILES string of the molecule is Cc1cccc(-c2cncc(C(=O)NC(C)CO)c2)c1. The molecule has 20 heavy (non-hydrogen) atoms. The number of aliphatic hydroxyl groups excluding tert-OH is 1. The highest BCUT2D eigenvalue weighted by molar-refractivity contribution is 5.95. The predicted molar refractivity (Wildman–Crippen MR) is 78.4 cm³/mol. The second-order valence-corrected chi connectivity index (χ2v) is 4.89. The second-order valence-electron chi connectivity index (χ2n) is 4.89. The van der Waals surface area contributed by atoms with Gasteiger partial charge < -0.3 is 10.4 Å². The molecule has 0 spiro atoms. The minimum Gasteiger partial charge on any atom is -0.394 e. The Morgan fingerprint density at radius 3 is 2.80 bits per heavy atom. The van der Waals surface area contributed by atoms with Gasteiger partial charge in [-0.2, -0.15) is 0 Å². The summed E-state index contributed by atoms with van der Waals surface area (Å²) in [5.41, 5.74) is 3.58.